The standard InChI is InChI=1S/C11H19N2O12P3S/c1-7-5-8(23-10(7)13-4-3-9(14)12-11(13)15)6-22-28(20,29)25-27(18,19)24-26(16,17)21-2/h3-4,7-8,10H,5-6H2,1-2H3,(H,16,17)(H,18,19)(H,20,29)(H,12,14,15). The molecule has 2 rings (SSSR count). The minimum Gasteiger partial charge on any atom is -0.352 e. The summed E-state index contributed by atoms with van der Waals surface area (Å²) in [6.07, 6.45) is 0.204. The third-order valence-electron chi connectivity index (χ3n) is 3.65. The Morgan fingerprint density at radius 1 is 1.28 bits per heavy atom. The maximum atomic E-state index is 11.9. The summed E-state index contributed by atoms with van der Waals surface area (Å²) in [7, 11) is -9.43. The predicted octanol–water partition coefficient (Wildman–Crippen LogP) is 0.574. The predicted molar refractivity (Wildman–Crippen MR) is 100 cm³/mol. The van der Waals surface area contributed by atoms with Crippen LogP contribution in [-0.2, 0) is 43.3 Å². The molecule has 14 nitrogen and oxygen atoms in total. The molecular weight excluding hydrogens is 477 g/mol. The van der Waals surface area contributed by atoms with Crippen LogP contribution >= 0.6 is 22.4 Å². The van der Waals surface area contributed by atoms with E-state index in [1.807, 2.05) is 0 Å². The average Bonchev–Trinajstić information content (AvgIpc) is 2.92. The van der Waals surface area contributed by atoms with Gasteiger partial charge in [0.2, 0.25) is 0 Å². The van der Waals surface area contributed by atoms with Crippen LogP contribution in [0.3, 0.4) is 0 Å². The minimum atomic E-state index is -5.28. The number of aromatic amines is 1. The molecule has 6 unspecified atom stereocenters. The van der Waals surface area contributed by atoms with Crippen molar-refractivity contribution in [3.63, 3.8) is 0 Å². The molecule has 0 aliphatic carbocycles. The van der Waals surface area contributed by atoms with Crippen LogP contribution in [0.1, 0.15) is 19.6 Å². The van der Waals surface area contributed by atoms with Gasteiger partial charge >= 0.3 is 28.1 Å². The van der Waals surface area contributed by atoms with E-state index < -0.39 is 45.9 Å². The molecule has 6 atom stereocenters. The molecule has 1 aliphatic heterocycles. The van der Waals surface area contributed by atoms with Gasteiger partial charge in [-0.2, -0.15) is 4.31 Å². The van der Waals surface area contributed by atoms with Crippen molar-refractivity contribution >= 4 is 34.2 Å². The van der Waals surface area contributed by atoms with Gasteiger partial charge in [-0.25, -0.2) is 18.2 Å². The topological polar surface area (TPSA) is 196 Å². The van der Waals surface area contributed by atoms with Crippen LogP contribution in [-0.4, -0.2) is 44.1 Å². The van der Waals surface area contributed by atoms with Gasteiger partial charge in [-0.1, -0.05) is 6.92 Å². The lowest BCUT2D eigenvalue weighted by Crippen LogP contribution is -2.33. The quantitative estimate of drug-likeness (QED) is 0.347. The van der Waals surface area contributed by atoms with Gasteiger partial charge in [0.05, 0.1) is 12.7 Å². The summed E-state index contributed by atoms with van der Waals surface area (Å²) in [6.45, 7) is -2.99. The van der Waals surface area contributed by atoms with E-state index in [1.54, 1.807) is 6.92 Å². The first-order chi connectivity index (χ1) is 13.2. The fourth-order valence-corrected chi connectivity index (χ4v) is 6.73. The highest BCUT2D eigenvalue weighted by molar-refractivity contribution is 8.08. The smallest absolute Gasteiger partial charge is 0.352 e. The maximum absolute atomic E-state index is 11.9. The van der Waals surface area contributed by atoms with E-state index in [-0.39, 0.29) is 12.5 Å². The molecule has 2 heterocycles. The highest BCUT2D eigenvalue weighted by atomic mass is 32.5. The molecule has 1 fully saturated rings. The van der Waals surface area contributed by atoms with Crippen LogP contribution in [0.5, 0.6) is 0 Å². The highest BCUT2D eigenvalue weighted by Gasteiger charge is 2.40. The van der Waals surface area contributed by atoms with Gasteiger partial charge in [0.25, 0.3) is 5.56 Å². The molecule has 1 saturated heterocycles. The minimum absolute atomic E-state index is 0.195. The van der Waals surface area contributed by atoms with E-state index in [0.717, 1.165) is 13.2 Å². The lowest BCUT2D eigenvalue weighted by Gasteiger charge is -2.21. The van der Waals surface area contributed by atoms with Gasteiger partial charge in [-0.3, -0.25) is 18.9 Å². The van der Waals surface area contributed by atoms with Crippen LogP contribution in [0, 0.1) is 5.92 Å². The van der Waals surface area contributed by atoms with Crippen molar-refractivity contribution in [3.8, 4) is 0 Å². The molecule has 18 heteroatoms. The van der Waals surface area contributed by atoms with E-state index in [4.69, 9.17) is 14.2 Å². The molecule has 1 aliphatic rings. The molecule has 0 amide bonds. The van der Waals surface area contributed by atoms with Crippen LogP contribution in [0.4, 0.5) is 0 Å². The Labute approximate surface area is 168 Å². The fraction of sp³-hybridized carbons (Fsp3) is 0.636. The van der Waals surface area contributed by atoms with Crippen molar-refractivity contribution in [1.29, 1.82) is 0 Å². The first kappa shape index (κ1) is 24.7. The van der Waals surface area contributed by atoms with Crippen LogP contribution < -0.4 is 11.2 Å². The van der Waals surface area contributed by atoms with E-state index in [2.05, 4.69) is 29.9 Å². The molecule has 0 bridgehead atoms. The number of nitrogens with one attached hydrogen (secondary N) is 1. The zero-order chi connectivity index (χ0) is 22.0. The summed E-state index contributed by atoms with van der Waals surface area (Å²) < 4.78 is 46.8. The van der Waals surface area contributed by atoms with E-state index in [0.29, 0.717) is 6.42 Å². The second-order valence-electron chi connectivity index (χ2n) is 5.93. The van der Waals surface area contributed by atoms with Crippen molar-refractivity contribution in [3.05, 3.63) is 33.1 Å². The van der Waals surface area contributed by atoms with Crippen molar-refractivity contribution in [2.75, 3.05) is 13.7 Å². The highest BCUT2D eigenvalue weighted by Crippen LogP contribution is 2.67. The zero-order valence-electron chi connectivity index (χ0n) is 15.0. The third kappa shape index (κ3) is 7.28. The van der Waals surface area contributed by atoms with Crippen molar-refractivity contribution in [2.45, 2.75) is 25.7 Å². The first-order valence-electron chi connectivity index (χ1n) is 7.82. The zero-order valence-corrected chi connectivity index (χ0v) is 18.5. The normalized spacial score (nSPS) is 28.4. The van der Waals surface area contributed by atoms with E-state index in [1.165, 1.54) is 10.8 Å². The summed E-state index contributed by atoms with van der Waals surface area (Å²) in [4.78, 5) is 53.5. The summed E-state index contributed by atoms with van der Waals surface area (Å²) in [6, 6.07) is 1.15. The number of hydrogen-bond donors (Lipinski definition) is 4. The largest absolute Gasteiger partial charge is 0.488 e. The molecular formula is C11H19N2O12P3S. The molecule has 0 spiro atoms. The molecule has 166 valence electrons. The van der Waals surface area contributed by atoms with Crippen LogP contribution in [0.2, 0.25) is 0 Å². The average molecular weight is 496 g/mol. The van der Waals surface area contributed by atoms with Crippen molar-refractivity contribution in [2.24, 2.45) is 5.92 Å². The third-order valence-corrected chi connectivity index (χ3v) is 8.80. The fourth-order valence-electron chi connectivity index (χ4n) is 2.50. The molecule has 29 heavy (non-hydrogen) atoms. The van der Waals surface area contributed by atoms with Gasteiger partial charge in [-0.15, -0.1) is 0 Å². The van der Waals surface area contributed by atoms with Gasteiger partial charge in [0.1, 0.15) is 6.23 Å². The van der Waals surface area contributed by atoms with Gasteiger partial charge in [0, 0.05) is 25.3 Å². The van der Waals surface area contributed by atoms with E-state index >= 15 is 0 Å². The van der Waals surface area contributed by atoms with E-state index in [9.17, 15) is 28.5 Å². The maximum Gasteiger partial charge on any atom is 0.488 e. The summed E-state index contributed by atoms with van der Waals surface area (Å²) in [5.41, 5.74) is -1.23. The Morgan fingerprint density at radius 2 is 1.93 bits per heavy atom. The second-order valence-corrected chi connectivity index (χ2v) is 12.1. The second kappa shape index (κ2) is 9.31. The number of H-pyrrole nitrogens is 1. The Balaban J connectivity index is 1.98. The number of aromatic nitrogens is 2. The SMILES string of the molecule is COP(=O)(O)OP(=O)(O)OP(O)(=S)OCC1CC(C)C(n2ccc(=O)[nH]c2=O)O1. The van der Waals surface area contributed by atoms with Gasteiger partial charge in [-0.05, 0) is 18.2 Å². The van der Waals surface area contributed by atoms with Crippen LogP contribution in [0.25, 0.3) is 0 Å². The Morgan fingerprint density at radius 3 is 2.52 bits per heavy atom. The van der Waals surface area contributed by atoms with Crippen molar-refractivity contribution in [1.82, 2.24) is 9.55 Å². The van der Waals surface area contributed by atoms with Gasteiger partial charge < -0.3 is 23.9 Å². The molecule has 0 saturated carbocycles. The molecule has 1 aromatic heterocycles. The summed E-state index contributed by atoms with van der Waals surface area (Å²) in [5.74, 6) is -0.195. The van der Waals surface area contributed by atoms with Gasteiger partial charge in [0.15, 0.2) is 0 Å². The number of phosphoric ester groups is 1. The first-order valence-corrected chi connectivity index (χ1v) is 13.4. The monoisotopic (exact) mass is 496 g/mol. The molecule has 1 aromatic rings. The number of phosphoric acid groups is 2. The Kier molecular flexibility index (Phi) is 7.94. The van der Waals surface area contributed by atoms with Crippen LogP contribution in [0.15, 0.2) is 21.9 Å². The lowest BCUT2D eigenvalue weighted by atomic mass is 10.1. The lowest BCUT2D eigenvalue weighted by molar-refractivity contribution is -0.0311. The molecule has 0 aromatic carbocycles. The Bertz CT molecular complexity index is 994. The van der Waals surface area contributed by atoms with Crippen molar-refractivity contribution < 1.29 is 46.2 Å². The Hall–Kier alpha value is -0.530. The molecule has 0 radical (unpaired) electrons. The molecule has 4 N–H and O–H groups in total. The number of ether oxygens (including phenoxy) is 1. The number of hydrogen-bond acceptors (Lipinski definition) is 10. The number of nitrogens with zero attached hydrogens (tertiary/aromatic N) is 1. The number of rotatable bonds is 9. The summed E-state index contributed by atoms with van der Waals surface area (Å²) in [5, 5.41) is 0. The summed E-state index contributed by atoms with van der Waals surface area (Å²) >= 11 is 4.59.